The second-order valence-electron chi connectivity index (χ2n) is 7.46. The molecule has 0 radical (unpaired) electrons. The predicted octanol–water partition coefficient (Wildman–Crippen LogP) is 4.19. The number of benzene rings is 3. The van der Waals surface area contributed by atoms with Crippen molar-refractivity contribution >= 4 is 27.7 Å². The molecule has 0 heterocycles. The highest BCUT2D eigenvalue weighted by atomic mass is 32.2. The Morgan fingerprint density at radius 3 is 2.27 bits per heavy atom. The summed E-state index contributed by atoms with van der Waals surface area (Å²) in [5.74, 6) is 0.168. The molecule has 3 aromatic carbocycles. The van der Waals surface area contributed by atoms with E-state index in [0.29, 0.717) is 18.7 Å². The highest BCUT2D eigenvalue weighted by molar-refractivity contribution is 7.98. The third-order valence-corrected chi connectivity index (χ3v) is 7.27. The molecule has 1 amide bonds. The molecule has 0 saturated carbocycles. The first kappa shape index (κ1) is 24.8. The lowest BCUT2D eigenvalue weighted by Crippen LogP contribution is -2.31. The van der Waals surface area contributed by atoms with E-state index in [9.17, 15) is 13.2 Å². The summed E-state index contributed by atoms with van der Waals surface area (Å²) in [7, 11) is -3.62. The van der Waals surface area contributed by atoms with E-state index in [-0.39, 0.29) is 23.5 Å². The Morgan fingerprint density at radius 1 is 0.970 bits per heavy atom. The Kier molecular flexibility index (Phi) is 8.94. The molecule has 0 spiro atoms. The average molecular weight is 485 g/mol. The third-order valence-electron chi connectivity index (χ3n) is 5.05. The van der Waals surface area contributed by atoms with Gasteiger partial charge in [-0.15, -0.1) is 11.8 Å². The van der Waals surface area contributed by atoms with E-state index >= 15 is 0 Å². The molecule has 2 N–H and O–H groups in total. The van der Waals surface area contributed by atoms with Crippen LogP contribution < -0.4 is 14.8 Å². The Balaban J connectivity index is 1.46. The zero-order chi connectivity index (χ0) is 23.7. The summed E-state index contributed by atoms with van der Waals surface area (Å²) in [6.45, 7) is 2.06. The van der Waals surface area contributed by atoms with Crippen LogP contribution in [-0.2, 0) is 21.2 Å². The molecule has 33 heavy (non-hydrogen) atoms. The van der Waals surface area contributed by atoms with Crippen LogP contribution in [0.25, 0.3) is 0 Å². The summed E-state index contributed by atoms with van der Waals surface area (Å²) in [5.41, 5.74) is 2.07. The van der Waals surface area contributed by atoms with E-state index in [4.69, 9.17) is 4.74 Å². The monoisotopic (exact) mass is 484 g/mol. The van der Waals surface area contributed by atoms with Gasteiger partial charge >= 0.3 is 0 Å². The van der Waals surface area contributed by atoms with Crippen LogP contribution in [0.3, 0.4) is 0 Å². The van der Waals surface area contributed by atoms with Crippen LogP contribution in [0.5, 0.6) is 5.75 Å². The smallest absolute Gasteiger partial charge is 0.258 e. The van der Waals surface area contributed by atoms with Crippen LogP contribution in [0.2, 0.25) is 0 Å². The average Bonchev–Trinajstić information content (AvgIpc) is 2.83. The van der Waals surface area contributed by atoms with Crippen LogP contribution in [0.4, 0.5) is 0 Å². The number of ether oxygens (including phenoxy) is 1. The maximum atomic E-state index is 12.5. The van der Waals surface area contributed by atoms with E-state index in [1.165, 1.54) is 12.1 Å². The van der Waals surface area contributed by atoms with Crippen molar-refractivity contribution in [2.75, 3.05) is 19.4 Å². The summed E-state index contributed by atoms with van der Waals surface area (Å²) in [6, 6.07) is 23.6. The van der Waals surface area contributed by atoms with Crippen molar-refractivity contribution in [2.24, 2.45) is 0 Å². The molecule has 8 heteroatoms. The molecule has 0 aliphatic rings. The number of sulfonamides is 1. The molecule has 6 nitrogen and oxygen atoms in total. The zero-order valence-corrected chi connectivity index (χ0v) is 20.3. The fourth-order valence-corrected chi connectivity index (χ4v) is 4.62. The number of carbonyl (C=O) groups excluding carboxylic acids is 1. The molecule has 0 aromatic heterocycles. The maximum absolute atomic E-state index is 12.5. The molecule has 0 fully saturated rings. The lowest BCUT2D eigenvalue weighted by Gasteiger charge is -2.15. The largest absolute Gasteiger partial charge is 0.484 e. The molecule has 0 bridgehead atoms. The lowest BCUT2D eigenvalue weighted by atomic mass is 10.1. The molecule has 174 valence electrons. The second-order valence-corrected chi connectivity index (χ2v) is 10.1. The summed E-state index contributed by atoms with van der Waals surface area (Å²) in [4.78, 5) is 13.6. The number of thioether (sulfide) groups is 1. The number of rotatable bonds is 11. The first-order valence-electron chi connectivity index (χ1n) is 10.6. The van der Waals surface area contributed by atoms with E-state index < -0.39 is 10.0 Å². The molecule has 1 unspecified atom stereocenters. The van der Waals surface area contributed by atoms with E-state index in [0.717, 1.165) is 16.0 Å². The maximum Gasteiger partial charge on any atom is 0.258 e. The quantitative estimate of drug-likeness (QED) is 0.399. The second kappa shape index (κ2) is 11.9. The van der Waals surface area contributed by atoms with Crippen LogP contribution >= 0.6 is 11.8 Å². The van der Waals surface area contributed by atoms with Crippen molar-refractivity contribution in [1.29, 1.82) is 0 Å². The fourth-order valence-electron chi connectivity index (χ4n) is 3.18. The molecule has 1 atom stereocenters. The summed E-state index contributed by atoms with van der Waals surface area (Å²) < 4.78 is 33.1. The highest BCUT2D eigenvalue weighted by Crippen LogP contribution is 2.19. The van der Waals surface area contributed by atoms with Gasteiger partial charge in [0.25, 0.3) is 5.91 Å². The zero-order valence-electron chi connectivity index (χ0n) is 18.7. The topological polar surface area (TPSA) is 84.5 Å². The first-order valence-corrected chi connectivity index (χ1v) is 13.3. The Morgan fingerprint density at radius 2 is 1.64 bits per heavy atom. The first-order chi connectivity index (χ1) is 15.9. The van der Waals surface area contributed by atoms with Crippen molar-refractivity contribution < 1.29 is 17.9 Å². The Hall–Kier alpha value is -2.81. The van der Waals surface area contributed by atoms with Gasteiger partial charge < -0.3 is 10.1 Å². The minimum atomic E-state index is -3.62. The van der Waals surface area contributed by atoms with Crippen molar-refractivity contribution in [2.45, 2.75) is 29.2 Å². The molecule has 0 saturated heterocycles. The highest BCUT2D eigenvalue weighted by Gasteiger charge is 2.14. The van der Waals surface area contributed by atoms with Crippen molar-refractivity contribution in [3.63, 3.8) is 0 Å². The van der Waals surface area contributed by atoms with Crippen LogP contribution in [0.1, 0.15) is 24.1 Å². The lowest BCUT2D eigenvalue weighted by molar-refractivity contribution is -0.123. The van der Waals surface area contributed by atoms with Crippen LogP contribution in [0.15, 0.2) is 88.7 Å². The van der Waals surface area contributed by atoms with Gasteiger partial charge in [0.05, 0.1) is 10.9 Å². The van der Waals surface area contributed by atoms with E-state index in [1.807, 2.05) is 67.8 Å². The van der Waals surface area contributed by atoms with Crippen molar-refractivity contribution in [1.82, 2.24) is 10.0 Å². The molecular formula is C25H28N2O4S2. The minimum absolute atomic E-state index is 0.147. The predicted molar refractivity (Wildman–Crippen MR) is 132 cm³/mol. The number of amides is 1. The number of nitrogens with one attached hydrogen (secondary N) is 2. The van der Waals surface area contributed by atoms with Crippen LogP contribution in [-0.4, -0.2) is 33.7 Å². The summed E-state index contributed by atoms with van der Waals surface area (Å²) in [5, 5.41) is 2.90. The minimum Gasteiger partial charge on any atom is -0.484 e. The standard InChI is InChI=1S/C25H28N2O4S2/c1-19(21-8-12-23(32-2)13-9-21)27-25(28)18-31-22-10-14-24(15-11-22)33(29,30)26-17-16-20-6-4-3-5-7-20/h3-15,19,26H,16-18H2,1-2H3,(H,27,28). The molecule has 0 aliphatic heterocycles. The van der Waals surface area contributed by atoms with Gasteiger partial charge in [0.1, 0.15) is 5.75 Å². The Bertz CT molecular complexity index is 1130. The number of hydrogen-bond acceptors (Lipinski definition) is 5. The summed E-state index contributed by atoms with van der Waals surface area (Å²) >= 11 is 1.67. The number of hydrogen-bond donors (Lipinski definition) is 2. The van der Waals surface area contributed by atoms with Gasteiger partial charge in [0.2, 0.25) is 10.0 Å². The summed E-state index contributed by atoms with van der Waals surface area (Å²) in [6.07, 6.45) is 2.62. The van der Waals surface area contributed by atoms with Gasteiger partial charge in [-0.05, 0) is 67.1 Å². The third kappa shape index (κ3) is 7.63. The molecule has 3 rings (SSSR count). The van der Waals surface area contributed by atoms with Crippen LogP contribution in [0, 0.1) is 0 Å². The van der Waals surface area contributed by atoms with Crippen molar-refractivity contribution in [3.05, 3.63) is 90.0 Å². The van der Waals surface area contributed by atoms with Crippen molar-refractivity contribution in [3.8, 4) is 5.75 Å². The van der Waals surface area contributed by atoms with Gasteiger partial charge in [0, 0.05) is 11.4 Å². The van der Waals surface area contributed by atoms with Gasteiger partial charge in [-0.1, -0.05) is 42.5 Å². The van der Waals surface area contributed by atoms with Gasteiger partial charge in [-0.2, -0.15) is 0 Å². The van der Waals surface area contributed by atoms with Gasteiger partial charge in [0.15, 0.2) is 6.61 Å². The molecular weight excluding hydrogens is 456 g/mol. The van der Waals surface area contributed by atoms with E-state index in [1.54, 1.807) is 23.9 Å². The van der Waals surface area contributed by atoms with Gasteiger partial charge in [-0.25, -0.2) is 13.1 Å². The van der Waals surface area contributed by atoms with E-state index in [2.05, 4.69) is 10.0 Å². The number of carbonyl (C=O) groups is 1. The normalized spacial score (nSPS) is 12.2. The Labute approximate surface area is 199 Å². The van der Waals surface area contributed by atoms with Gasteiger partial charge in [-0.3, -0.25) is 4.79 Å². The fraction of sp³-hybridized carbons (Fsp3) is 0.240. The molecule has 0 aliphatic carbocycles. The SMILES string of the molecule is CSc1ccc(C(C)NC(=O)COc2ccc(S(=O)(=O)NCCc3ccccc3)cc2)cc1. The molecule has 3 aromatic rings.